The molecule has 0 N–H and O–H groups in total. The predicted octanol–water partition coefficient (Wildman–Crippen LogP) is 3.01. The van der Waals surface area contributed by atoms with Crippen molar-refractivity contribution in [2.24, 2.45) is 0 Å². The number of methoxy groups -OCH3 is 1. The second-order valence-electron chi connectivity index (χ2n) is 7.78. The molecule has 5 rings (SSSR count). The summed E-state index contributed by atoms with van der Waals surface area (Å²) in [4.78, 5) is 47.2. The molecule has 0 radical (unpaired) electrons. The van der Waals surface area contributed by atoms with Crippen LogP contribution < -0.4 is 11.2 Å². The van der Waals surface area contributed by atoms with E-state index in [9.17, 15) is 18.8 Å². The Morgan fingerprint density at radius 3 is 2.64 bits per heavy atom. The Labute approximate surface area is 206 Å². The fourth-order valence-electron chi connectivity index (χ4n) is 3.79. The molecule has 0 spiro atoms. The topological polar surface area (TPSA) is 114 Å². The van der Waals surface area contributed by atoms with Crippen LogP contribution in [0.5, 0.6) is 0 Å². The number of rotatable bonds is 6. The first-order valence-electron chi connectivity index (χ1n) is 10.6. The van der Waals surface area contributed by atoms with E-state index >= 15 is 0 Å². The van der Waals surface area contributed by atoms with Crippen LogP contribution in [0, 0.1) is 5.82 Å². The van der Waals surface area contributed by atoms with Gasteiger partial charge in [0.15, 0.2) is 16.9 Å². The second-order valence-corrected chi connectivity index (χ2v) is 8.21. The molecule has 0 aliphatic heterocycles. The van der Waals surface area contributed by atoms with Crippen LogP contribution in [0.3, 0.4) is 0 Å². The number of benzene rings is 2. The molecule has 36 heavy (non-hydrogen) atoms. The number of halogens is 2. The summed E-state index contributed by atoms with van der Waals surface area (Å²) in [5, 5.41) is 0.387. The van der Waals surface area contributed by atoms with Gasteiger partial charge in [-0.1, -0.05) is 29.8 Å². The third-order valence-corrected chi connectivity index (χ3v) is 5.71. The van der Waals surface area contributed by atoms with Gasteiger partial charge >= 0.3 is 11.7 Å². The van der Waals surface area contributed by atoms with Crippen molar-refractivity contribution in [1.82, 2.24) is 23.7 Å². The highest BCUT2D eigenvalue weighted by Gasteiger charge is 2.21. The van der Waals surface area contributed by atoms with Gasteiger partial charge in [0.2, 0.25) is 5.89 Å². The van der Waals surface area contributed by atoms with Crippen LogP contribution in [0.15, 0.2) is 75.1 Å². The van der Waals surface area contributed by atoms with Gasteiger partial charge < -0.3 is 13.7 Å². The molecule has 5 aromatic rings. The number of imidazole rings is 1. The SMILES string of the molecule is COC(=O)c1coc(Cn2cnc3c2c(=O)n(Cc2ccc(F)cc2)c(=O)n3-c2cccc(Cl)c2)n1. The molecular formula is C24H17ClFN5O5. The molecule has 0 saturated heterocycles. The summed E-state index contributed by atoms with van der Waals surface area (Å²) >= 11 is 6.16. The predicted molar refractivity (Wildman–Crippen MR) is 127 cm³/mol. The summed E-state index contributed by atoms with van der Waals surface area (Å²) in [7, 11) is 1.22. The molecule has 2 aromatic carbocycles. The summed E-state index contributed by atoms with van der Waals surface area (Å²) in [6.45, 7) is -0.155. The van der Waals surface area contributed by atoms with E-state index in [1.165, 1.54) is 46.8 Å². The largest absolute Gasteiger partial charge is 0.464 e. The van der Waals surface area contributed by atoms with Gasteiger partial charge in [-0.3, -0.25) is 9.36 Å². The summed E-state index contributed by atoms with van der Waals surface area (Å²) in [6.07, 6.45) is 2.52. The number of oxazole rings is 1. The maximum atomic E-state index is 13.6. The third-order valence-electron chi connectivity index (χ3n) is 5.47. The lowest BCUT2D eigenvalue weighted by Crippen LogP contribution is -2.40. The normalized spacial score (nSPS) is 11.2. The molecule has 3 aromatic heterocycles. The molecule has 0 bridgehead atoms. The molecule has 0 saturated carbocycles. The van der Waals surface area contributed by atoms with Gasteiger partial charge in [0.1, 0.15) is 18.6 Å². The smallest absolute Gasteiger partial charge is 0.360 e. The summed E-state index contributed by atoms with van der Waals surface area (Å²) in [5.74, 6) is -0.982. The van der Waals surface area contributed by atoms with Crippen molar-refractivity contribution < 1.29 is 18.3 Å². The van der Waals surface area contributed by atoms with Gasteiger partial charge in [0, 0.05) is 5.02 Å². The van der Waals surface area contributed by atoms with E-state index < -0.39 is 23.0 Å². The van der Waals surface area contributed by atoms with Crippen molar-refractivity contribution in [2.75, 3.05) is 7.11 Å². The van der Waals surface area contributed by atoms with Crippen LogP contribution >= 0.6 is 11.6 Å². The first-order chi connectivity index (χ1) is 17.4. The monoisotopic (exact) mass is 509 g/mol. The number of ether oxygens (including phenoxy) is 1. The van der Waals surface area contributed by atoms with Crippen LogP contribution in [0.25, 0.3) is 16.9 Å². The fourth-order valence-corrected chi connectivity index (χ4v) is 3.97. The maximum Gasteiger partial charge on any atom is 0.360 e. The van der Waals surface area contributed by atoms with Crippen LogP contribution in [0.4, 0.5) is 4.39 Å². The molecule has 0 amide bonds. The van der Waals surface area contributed by atoms with Crippen molar-refractivity contribution in [3.05, 3.63) is 110 Å². The Hall–Kier alpha value is -4.51. The zero-order chi connectivity index (χ0) is 25.4. The second kappa shape index (κ2) is 9.27. The molecule has 0 fully saturated rings. The number of carbonyl (C=O) groups excluding carboxylic acids is 1. The third kappa shape index (κ3) is 4.20. The number of nitrogens with zero attached hydrogens (tertiary/aromatic N) is 5. The van der Waals surface area contributed by atoms with Gasteiger partial charge in [-0.25, -0.2) is 28.5 Å². The molecule has 12 heteroatoms. The average Bonchev–Trinajstić information content (AvgIpc) is 3.50. The van der Waals surface area contributed by atoms with Crippen molar-refractivity contribution in [1.29, 1.82) is 0 Å². The quantitative estimate of drug-likeness (QED) is 0.323. The zero-order valence-corrected chi connectivity index (χ0v) is 19.5. The minimum atomic E-state index is -0.670. The zero-order valence-electron chi connectivity index (χ0n) is 18.7. The van der Waals surface area contributed by atoms with Gasteiger partial charge in [-0.05, 0) is 35.9 Å². The number of esters is 1. The number of hydrogen-bond donors (Lipinski definition) is 0. The number of carbonyl (C=O) groups is 1. The Morgan fingerprint density at radius 1 is 1.14 bits per heavy atom. The van der Waals surface area contributed by atoms with E-state index in [0.717, 1.165) is 10.8 Å². The summed E-state index contributed by atoms with van der Waals surface area (Å²) < 4.78 is 27.2. The van der Waals surface area contributed by atoms with Crippen LogP contribution in [-0.2, 0) is 17.8 Å². The molecule has 0 aliphatic rings. The lowest BCUT2D eigenvalue weighted by molar-refractivity contribution is 0.0594. The van der Waals surface area contributed by atoms with Gasteiger partial charge in [0.25, 0.3) is 5.56 Å². The van der Waals surface area contributed by atoms with Crippen molar-refractivity contribution >= 4 is 28.7 Å². The highest BCUT2D eigenvalue weighted by molar-refractivity contribution is 6.30. The number of fused-ring (bicyclic) bond motifs is 1. The van der Waals surface area contributed by atoms with Gasteiger partial charge in [-0.15, -0.1) is 0 Å². The Morgan fingerprint density at radius 2 is 1.92 bits per heavy atom. The van der Waals surface area contributed by atoms with E-state index in [1.807, 2.05) is 0 Å². The Bertz CT molecular complexity index is 1720. The molecule has 0 aliphatic carbocycles. The minimum absolute atomic E-state index is 0.0264. The Kier molecular flexibility index (Phi) is 5.98. The van der Waals surface area contributed by atoms with Crippen LogP contribution in [0.2, 0.25) is 5.02 Å². The molecule has 3 heterocycles. The van der Waals surface area contributed by atoms with Crippen LogP contribution in [-0.4, -0.2) is 36.7 Å². The van der Waals surface area contributed by atoms with E-state index in [1.54, 1.807) is 24.3 Å². The lowest BCUT2D eigenvalue weighted by atomic mass is 10.2. The van der Waals surface area contributed by atoms with Crippen molar-refractivity contribution in [3.8, 4) is 5.69 Å². The molecule has 0 atom stereocenters. The summed E-state index contributed by atoms with van der Waals surface area (Å²) in [5.41, 5.74) is -0.143. The standard InChI is InChI=1S/C24H17ClFN5O5/c1-35-23(33)18-12-36-19(28-18)11-29-13-27-21-20(29)22(32)30(10-14-5-7-16(26)8-6-14)24(34)31(21)17-4-2-3-15(25)9-17/h2-9,12-13H,10-11H2,1H3. The average molecular weight is 510 g/mol. The molecule has 10 nitrogen and oxygen atoms in total. The first kappa shape index (κ1) is 23.2. The highest BCUT2D eigenvalue weighted by atomic mass is 35.5. The number of aromatic nitrogens is 5. The lowest BCUT2D eigenvalue weighted by Gasteiger charge is -2.13. The van der Waals surface area contributed by atoms with Gasteiger partial charge in [0.05, 0.1) is 25.7 Å². The minimum Gasteiger partial charge on any atom is -0.464 e. The van der Waals surface area contributed by atoms with Crippen LogP contribution in [0.1, 0.15) is 21.9 Å². The van der Waals surface area contributed by atoms with E-state index in [-0.39, 0.29) is 35.8 Å². The fraction of sp³-hybridized carbons (Fsp3) is 0.125. The van der Waals surface area contributed by atoms with E-state index in [4.69, 9.17) is 16.0 Å². The number of hydrogen-bond acceptors (Lipinski definition) is 7. The molecule has 182 valence electrons. The van der Waals surface area contributed by atoms with Gasteiger partial charge in [-0.2, -0.15) is 0 Å². The first-order valence-corrected chi connectivity index (χ1v) is 11.0. The van der Waals surface area contributed by atoms with E-state index in [2.05, 4.69) is 14.7 Å². The molecule has 0 unspecified atom stereocenters. The highest BCUT2D eigenvalue weighted by Crippen LogP contribution is 2.18. The van der Waals surface area contributed by atoms with Crippen molar-refractivity contribution in [3.63, 3.8) is 0 Å². The van der Waals surface area contributed by atoms with E-state index in [0.29, 0.717) is 16.3 Å². The van der Waals surface area contributed by atoms with Crippen molar-refractivity contribution in [2.45, 2.75) is 13.1 Å². The maximum absolute atomic E-state index is 13.6. The Balaban J connectivity index is 1.70. The summed E-state index contributed by atoms with van der Waals surface area (Å²) in [6, 6.07) is 12.0. The molecular weight excluding hydrogens is 493 g/mol.